The van der Waals surface area contributed by atoms with Crippen LogP contribution < -0.4 is 19.9 Å². The first-order valence-corrected chi connectivity index (χ1v) is 13.2. The van der Waals surface area contributed by atoms with Gasteiger partial charge in [-0.25, -0.2) is 9.37 Å². The number of hydrogen-bond donors (Lipinski definition) is 2. The summed E-state index contributed by atoms with van der Waals surface area (Å²) >= 11 is 0. The number of nitrogens with one attached hydrogen (secondary N) is 1. The zero-order valence-electron chi connectivity index (χ0n) is 21.0. The molecule has 7 rings (SSSR count). The van der Waals surface area contributed by atoms with E-state index in [1.807, 2.05) is 17.0 Å². The molecule has 1 amide bonds. The summed E-state index contributed by atoms with van der Waals surface area (Å²) in [6.07, 6.45) is 4.74. The Bertz CT molecular complexity index is 1140. The summed E-state index contributed by atoms with van der Waals surface area (Å²) in [5, 5.41) is 14.1. The summed E-state index contributed by atoms with van der Waals surface area (Å²) in [6.45, 7) is 4.08. The van der Waals surface area contributed by atoms with E-state index >= 15 is 0 Å². The lowest BCUT2D eigenvalue weighted by Crippen LogP contribution is -2.61. The topological polar surface area (TPSA) is 77.9 Å². The molecule has 0 spiro atoms. The summed E-state index contributed by atoms with van der Waals surface area (Å²) in [6, 6.07) is 10.8. The number of amides is 1. The standard InChI is InChI=1S/C28H35FN4O3/c1-17-16-32(24-7-6-21(36-2)12-22(24)29)8-9-33(17)25-5-3-4-23(30-25)27(34)31-26-19-10-18-11-20(26)15-28(35,13-18)14-19/h3-7,12,17-20,26,35H,8-11,13-16H2,1-2H3,(H,31,34)/t17-,18?,19?,20?,26?,28?/m1/s1. The smallest absolute Gasteiger partial charge is 0.270 e. The second kappa shape index (κ2) is 8.91. The third-order valence-electron chi connectivity index (χ3n) is 8.92. The molecule has 36 heavy (non-hydrogen) atoms. The largest absolute Gasteiger partial charge is 0.497 e. The number of carbonyl (C=O) groups is 1. The zero-order chi connectivity index (χ0) is 25.0. The van der Waals surface area contributed by atoms with Gasteiger partial charge in [0.05, 0.1) is 18.4 Å². The number of piperazine rings is 1. The third-order valence-corrected chi connectivity index (χ3v) is 8.92. The van der Waals surface area contributed by atoms with Crippen LogP contribution in [-0.2, 0) is 0 Å². The summed E-state index contributed by atoms with van der Waals surface area (Å²) < 4.78 is 19.8. The van der Waals surface area contributed by atoms with Crippen LogP contribution in [0.5, 0.6) is 5.75 Å². The number of rotatable bonds is 5. The van der Waals surface area contributed by atoms with Gasteiger partial charge in [0.1, 0.15) is 23.1 Å². The summed E-state index contributed by atoms with van der Waals surface area (Å²) in [7, 11) is 1.53. The van der Waals surface area contributed by atoms with Gasteiger partial charge in [-0.2, -0.15) is 0 Å². The highest BCUT2D eigenvalue weighted by molar-refractivity contribution is 5.93. The van der Waals surface area contributed by atoms with Crippen LogP contribution in [0.2, 0.25) is 0 Å². The van der Waals surface area contributed by atoms with Crippen LogP contribution in [0.1, 0.15) is 49.5 Å². The van der Waals surface area contributed by atoms with Gasteiger partial charge in [-0.05, 0) is 81.0 Å². The Morgan fingerprint density at radius 2 is 1.94 bits per heavy atom. The maximum absolute atomic E-state index is 14.6. The number of aliphatic hydroxyl groups is 1. The Morgan fingerprint density at radius 1 is 1.17 bits per heavy atom. The van der Waals surface area contributed by atoms with E-state index in [1.165, 1.54) is 13.2 Å². The quantitative estimate of drug-likeness (QED) is 0.661. The van der Waals surface area contributed by atoms with Crippen molar-refractivity contribution in [3.8, 4) is 5.75 Å². The average molecular weight is 495 g/mol. The molecule has 7 nitrogen and oxygen atoms in total. The minimum Gasteiger partial charge on any atom is -0.497 e. The lowest BCUT2D eigenvalue weighted by atomic mass is 9.52. The second-order valence-corrected chi connectivity index (χ2v) is 11.4. The fourth-order valence-corrected chi connectivity index (χ4v) is 7.54. The predicted molar refractivity (Wildman–Crippen MR) is 136 cm³/mol. The molecule has 192 valence electrons. The van der Waals surface area contributed by atoms with Gasteiger partial charge >= 0.3 is 0 Å². The first kappa shape index (κ1) is 23.5. The Kier molecular flexibility index (Phi) is 5.82. The van der Waals surface area contributed by atoms with Crippen LogP contribution in [0, 0.1) is 23.6 Å². The van der Waals surface area contributed by atoms with Gasteiger partial charge in [-0.3, -0.25) is 4.79 Å². The lowest BCUT2D eigenvalue weighted by Gasteiger charge is -2.58. The Hall–Kier alpha value is -2.87. The molecule has 4 bridgehead atoms. The van der Waals surface area contributed by atoms with Gasteiger partial charge in [0.2, 0.25) is 0 Å². The van der Waals surface area contributed by atoms with E-state index in [1.54, 1.807) is 18.2 Å². The van der Waals surface area contributed by atoms with Crippen LogP contribution in [0.4, 0.5) is 15.9 Å². The van der Waals surface area contributed by atoms with E-state index in [-0.39, 0.29) is 23.8 Å². The van der Waals surface area contributed by atoms with E-state index in [0.29, 0.717) is 54.5 Å². The molecule has 5 fully saturated rings. The van der Waals surface area contributed by atoms with Crippen molar-refractivity contribution in [2.45, 2.75) is 56.7 Å². The van der Waals surface area contributed by atoms with E-state index in [9.17, 15) is 14.3 Å². The molecular weight excluding hydrogens is 459 g/mol. The van der Waals surface area contributed by atoms with E-state index < -0.39 is 5.60 Å². The SMILES string of the molecule is COc1ccc(N2CCN(c3cccc(C(=O)NC4C5CC6CC4CC(O)(C6)C5)n3)[C@H](C)C2)c(F)c1. The van der Waals surface area contributed by atoms with Crippen molar-refractivity contribution >= 4 is 17.4 Å². The Morgan fingerprint density at radius 3 is 2.61 bits per heavy atom. The number of anilines is 2. The molecular formula is C28H35FN4O3. The number of aromatic nitrogens is 1. The molecule has 4 saturated carbocycles. The van der Waals surface area contributed by atoms with Gasteiger partial charge in [0, 0.05) is 37.8 Å². The molecule has 8 heteroatoms. The van der Waals surface area contributed by atoms with Crippen molar-refractivity contribution in [1.82, 2.24) is 10.3 Å². The van der Waals surface area contributed by atoms with Crippen molar-refractivity contribution in [3.05, 3.63) is 47.9 Å². The van der Waals surface area contributed by atoms with Crippen LogP contribution in [0.3, 0.4) is 0 Å². The Balaban J connectivity index is 1.13. The van der Waals surface area contributed by atoms with Gasteiger partial charge in [0.25, 0.3) is 5.91 Å². The van der Waals surface area contributed by atoms with E-state index in [2.05, 4.69) is 17.1 Å². The first-order chi connectivity index (χ1) is 17.3. The number of carbonyl (C=O) groups excluding carboxylic acids is 1. The van der Waals surface area contributed by atoms with E-state index in [0.717, 1.165) is 37.9 Å². The maximum atomic E-state index is 14.6. The average Bonchev–Trinajstić information content (AvgIpc) is 2.85. The molecule has 5 aliphatic rings. The highest BCUT2D eigenvalue weighted by Crippen LogP contribution is 2.55. The molecule has 4 aliphatic carbocycles. The monoisotopic (exact) mass is 494 g/mol. The van der Waals surface area contributed by atoms with Crippen LogP contribution in [0.15, 0.2) is 36.4 Å². The summed E-state index contributed by atoms with van der Waals surface area (Å²) in [4.78, 5) is 22.2. The van der Waals surface area contributed by atoms with Crippen molar-refractivity contribution in [2.75, 3.05) is 36.5 Å². The van der Waals surface area contributed by atoms with Crippen LogP contribution in [-0.4, -0.2) is 60.4 Å². The minimum absolute atomic E-state index is 0.0937. The highest BCUT2D eigenvalue weighted by atomic mass is 19.1. The van der Waals surface area contributed by atoms with Crippen LogP contribution >= 0.6 is 0 Å². The molecule has 2 heterocycles. The summed E-state index contributed by atoms with van der Waals surface area (Å²) in [5.41, 5.74) is 0.489. The highest BCUT2D eigenvalue weighted by Gasteiger charge is 2.55. The maximum Gasteiger partial charge on any atom is 0.270 e. The minimum atomic E-state index is -0.511. The number of pyridine rings is 1. The van der Waals surface area contributed by atoms with Crippen LogP contribution in [0.25, 0.3) is 0 Å². The van der Waals surface area contributed by atoms with Gasteiger partial charge in [-0.15, -0.1) is 0 Å². The van der Waals surface area contributed by atoms with Crippen molar-refractivity contribution in [1.29, 1.82) is 0 Å². The molecule has 0 radical (unpaired) electrons. The number of nitrogens with zero attached hydrogens (tertiary/aromatic N) is 3. The van der Waals surface area contributed by atoms with Gasteiger partial charge < -0.3 is 25.0 Å². The van der Waals surface area contributed by atoms with Crippen molar-refractivity contribution in [3.63, 3.8) is 0 Å². The zero-order valence-corrected chi connectivity index (χ0v) is 21.0. The molecule has 1 aliphatic heterocycles. The van der Waals surface area contributed by atoms with E-state index in [4.69, 9.17) is 9.72 Å². The molecule has 2 unspecified atom stereocenters. The van der Waals surface area contributed by atoms with Gasteiger partial charge in [0.15, 0.2) is 0 Å². The van der Waals surface area contributed by atoms with Crippen molar-refractivity contribution in [2.24, 2.45) is 17.8 Å². The first-order valence-electron chi connectivity index (χ1n) is 13.2. The lowest BCUT2D eigenvalue weighted by molar-refractivity contribution is -0.136. The van der Waals surface area contributed by atoms with Crippen molar-refractivity contribution < 1.29 is 19.0 Å². The summed E-state index contributed by atoms with van der Waals surface area (Å²) in [5.74, 6) is 2.18. The number of ether oxygens (including phenoxy) is 1. The predicted octanol–water partition coefficient (Wildman–Crippen LogP) is 3.61. The number of halogens is 1. The Labute approximate surface area is 211 Å². The fraction of sp³-hybridized carbons (Fsp3) is 0.571. The number of hydrogen-bond acceptors (Lipinski definition) is 6. The molecule has 2 N–H and O–H groups in total. The second-order valence-electron chi connectivity index (χ2n) is 11.4. The number of methoxy groups -OCH3 is 1. The normalized spacial score (nSPS) is 33.1. The number of benzene rings is 1. The molecule has 2 aromatic rings. The fourth-order valence-electron chi connectivity index (χ4n) is 7.54. The molecule has 1 saturated heterocycles. The van der Waals surface area contributed by atoms with Gasteiger partial charge in [-0.1, -0.05) is 6.07 Å². The molecule has 1 aromatic carbocycles. The third kappa shape index (κ3) is 4.19. The molecule has 1 aromatic heterocycles. The molecule has 3 atom stereocenters.